The second-order valence-electron chi connectivity index (χ2n) is 9.66. The van der Waals surface area contributed by atoms with Gasteiger partial charge in [-0.3, -0.25) is 0 Å². The number of hydrogen-bond donors (Lipinski definition) is 0. The van der Waals surface area contributed by atoms with Gasteiger partial charge in [-0.25, -0.2) is 0 Å². The molecular weight excluding hydrogens is 633 g/mol. The van der Waals surface area contributed by atoms with Crippen molar-refractivity contribution in [2.45, 2.75) is 0 Å². The fourth-order valence-electron chi connectivity index (χ4n) is 5.66. The van der Waals surface area contributed by atoms with Crippen LogP contribution in [0.25, 0.3) is 0 Å². The fraction of sp³-hybridized carbons (Fsp3) is 0. The van der Waals surface area contributed by atoms with Gasteiger partial charge in [-0.1, -0.05) is 0 Å². The Kier molecular flexibility index (Phi) is 8.45. The summed E-state index contributed by atoms with van der Waals surface area (Å²) in [6.07, 6.45) is 0. The predicted molar refractivity (Wildman–Crippen MR) is 182 cm³/mol. The Labute approximate surface area is 249 Å². The van der Waals surface area contributed by atoms with E-state index in [1.807, 2.05) is 0 Å². The Balaban J connectivity index is 1.81. The number of rotatable bonds is 8. The van der Waals surface area contributed by atoms with E-state index >= 15 is 0 Å². The molecule has 4 heteroatoms. The standard InChI is InChI=1S/2C18H15P.BrH.Co/c2*1-4-10-16(11-5-1)19(17-12-6-2-7-13-17)18-14-8-3-9-15-18;;/h2*1-15H;1H;/q;;;-1/p+1. The molecule has 6 rings (SSSR count). The molecule has 0 fully saturated rings. The molecule has 0 saturated heterocycles. The van der Waals surface area contributed by atoms with Crippen molar-refractivity contribution in [1.29, 1.82) is 0 Å². The van der Waals surface area contributed by atoms with Gasteiger partial charge in [-0.15, -0.1) is 0 Å². The van der Waals surface area contributed by atoms with Gasteiger partial charge in [-0.2, -0.15) is 0 Å². The summed E-state index contributed by atoms with van der Waals surface area (Å²) in [6, 6.07) is 68.0. The van der Waals surface area contributed by atoms with Crippen LogP contribution in [0.3, 0.4) is 0 Å². The molecule has 0 amide bonds. The molecule has 0 aliphatic heterocycles. The second kappa shape index (κ2) is 12.4. The zero-order valence-electron chi connectivity index (χ0n) is 22.0. The molecular formula is C36H32BrCoP2. The van der Waals surface area contributed by atoms with Gasteiger partial charge in [0.25, 0.3) is 0 Å². The molecule has 0 spiro atoms. The topological polar surface area (TPSA) is 0 Å². The summed E-state index contributed by atoms with van der Waals surface area (Å²) in [5.74, 6) is -5.34. The maximum absolute atomic E-state index is 4.73. The minimum atomic E-state index is -2.67. The van der Waals surface area contributed by atoms with E-state index in [2.05, 4.69) is 182 Å². The van der Waals surface area contributed by atoms with Gasteiger partial charge in [0, 0.05) is 0 Å². The minimum absolute atomic E-state index is 0.808. The van der Waals surface area contributed by atoms with Crippen LogP contribution in [-0.4, -0.2) is 0 Å². The van der Waals surface area contributed by atoms with Crippen molar-refractivity contribution in [3.05, 3.63) is 182 Å². The van der Waals surface area contributed by atoms with Crippen molar-refractivity contribution >= 4 is 58.0 Å². The summed E-state index contributed by atoms with van der Waals surface area (Å²) in [7, 11) is -0.808. The van der Waals surface area contributed by atoms with Crippen LogP contribution in [0.15, 0.2) is 182 Å². The zero-order chi connectivity index (χ0) is 27.3. The first kappa shape index (κ1) is 27.3. The van der Waals surface area contributed by atoms with Crippen LogP contribution in [0.5, 0.6) is 0 Å². The molecule has 202 valence electrons. The molecule has 0 bridgehead atoms. The van der Waals surface area contributed by atoms with Crippen LogP contribution in [0, 0.1) is 0 Å². The average molecular weight is 665 g/mol. The van der Waals surface area contributed by atoms with Gasteiger partial charge in [0.2, 0.25) is 0 Å². The van der Waals surface area contributed by atoms with Crippen molar-refractivity contribution in [3.63, 3.8) is 0 Å². The summed E-state index contributed by atoms with van der Waals surface area (Å²) in [4.78, 5) is 0. The van der Waals surface area contributed by atoms with Gasteiger partial charge < -0.3 is 0 Å². The molecule has 0 unspecified atom stereocenters. The van der Waals surface area contributed by atoms with E-state index in [1.54, 1.807) is 0 Å². The molecule has 40 heavy (non-hydrogen) atoms. The van der Waals surface area contributed by atoms with E-state index in [1.165, 1.54) is 31.8 Å². The Morgan fingerprint density at radius 2 is 0.425 bits per heavy atom. The van der Waals surface area contributed by atoms with Crippen LogP contribution in [0.4, 0.5) is 0 Å². The van der Waals surface area contributed by atoms with Gasteiger partial charge >= 0.3 is 251 Å². The molecule has 6 aromatic carbocycles. The first-order chi connectivity index (χ1) is 19.8. The molecule has 0 N–H and O–H groups in total. The Bertz CT molecular complexity index is 1310. The summed E-state index contributed by atoms with van der Waals surface area (Å²) in [5, 5.41) is 8.63. The van der Waals surface area contributed by atoms with E-state index in [9.17, 15) is 0 Å². The first-order valence-corrected chi connectivity index (χ1v) is 22.8. The van der Waals surface area contributed by atoms with Gasteiger partial charge in [0.15, 0.2) is 0 Å². The Morgan fingerprint density at radius 3 is 0.575 bits per heavy atom. The van der Waals surface area contributed by atoms with E-state index in [4.69, 9.17) is 14.2 Å². The molecule has 0 aromatic heterocycles. The van der Waals surface area contributed by atoms with Crippen molar-refractivity contribution in [2.75, 3.05) is 0 Å². The molecule has 0 radical (unpaired) electrons. The quantitative estimate of drug-likeness (QED) is 0.151. The zero-order valence-corrected chi connectivity index (χ0v) is 26.7. The van der Waals surface area contributed by atoms with Crippen LogP contribution in [0.2, 0.25) is 0 Å². The third-order valence-corrected chi connectivity index (χ3v) is 40.4. The van der Waals surface area contributed by atoms with Crippen molar-refractivity contribution in [1.82, 2.24) is 0 Å². The predicted octanol–water partition coefficient (Wildman–Crippen LogP) is 7.20. The normalized spacial score (nSPS) is 12.9. The van der Waals surface area contributed by atoms with E-state index in [0.29, 0.717) is 0 Å². The molecule has 0 saturated carbocycles. The molecule has 0 atom stereocenters. The van der Waals surface area contributed by atoms with E-state index in [0.717, 1.165) is 0 Å². The van der Waals surface area contributed by atoms with Crippen LogP contribution >= 0.6 is 26.2 Å². The van der Waals surface area contributed by atoms with Crippen LogP contribution in [0.1, 0.15) is 0 Å². The average Bonchev–Trinajstić information content (AvgIpc) is 3.05. The molecule has 0 aliphatic carbocycles. The molecule has 0 nitrogen and oxygen atoms in total. The van der Waals surface area contributed by atoms with Crippen molar-refractivity contribution in [3.8, 4) is 0 Å². The van der Waals surface area contributed by atoms with Crippen LogP contribution in [-0.2, 0) is 11.0 Å². The summed E-state index contributed by atoms with van der Waals surface area (Å²) < 4.78 is 0. The number of hydrogen-bond acceptors (Lipinski definition) is 0. The van der Waals surface area contributed by atoms with Gasteiger partial charge in [-0.05, 0) is 0 Å². The Hall–Kier alpha value is -2.83. The molecule has 0 heterocycles. The van der Waals surface area contributed by atoms with Gasteiger partial charge in [0.05, 0.1) is 0 Å². The SMILES string of the molecule is [Br][Co]([PH](c1ccccc1)(c1ccccc1)c1ccccc1)[PH](c1ccccc1)(c1ccccc1)c1ccccc1. The first-order valence-electron chi connectivity index (χ1n) is 13.4. The maximum atomic E-state index is 4.73. The summed E-state index contributed by atoms with van der Waals surface area (Å²) >= 11 is 4.73. The van der Waals surface area contributed by atoms with E-state index in [-0.39, 0.29) is 0 Å². The second-order valence-corrected chi connectivity index (χ2v) is 31.3. The van der Waals surface area contributed by atoms with Crippen LogP contribution < -0.4 is 31.8 Å². The van der Waals surface area contributed by atoms with Crippen molar-refractivity contribution < 1.29 is 11.0 Å². The van der Waals surface area contributed by atoms with E-state index < -0.39 is 23.0 Å². The molecule has 0 aliphatic rings. The molecule has 6 aromatic rings. The summed E-state index contributed by atoms with van der Waals surface area (Å²) in [5.41, 5.74) is 0. The summed E-state index contributed by atoms with van der Waals surface area (Å²) in [6.45, 7) is 0. The van der Waals surface area contributed by atoms with Crippen molar-refractivity contribution in [2.24, 2.45) is 0 Å². The number of benzene rings is 6. The monoisotopic (exact) mass is 664 g/mol. The fourth-order valence-corrected chi connectivity index (χ4v) is 45.6. The third kappa shape index (κ3) is 4.73. The van der Waals surface area contributed by atoms with Gasteiger partial charge in [0.1, 0.15) is 0 Å². The Morgan fingerprint density at radius 1 is 0.275 bits per heavy atom. The third-order valence-electron chi connectivity index (χ3n) is 7.39. The number of halogens is 1.